The predicted octanol–water partition coefficient (Wildman–Crippen LogP) is 3.88. The number of nitrogens with one attached hydrogen (secondary N) is 2. The fourth-order valence-electron chi connectivity index (χ4n) is 2.64. The summed E-state index contributed by atoms with van der Waals surface area (Å²) in [5.41, 5.74) is 2.98. The van der Waals surface area contributed by atoms with Crippen LogP contribution in [0.25, 0.3) is 0 Å². The molecular formula is C21H20N4O3. The average Bonchev–Trinajstić information content (AvgIpc) is 2.69. The zero-order valence-electron chi connectivity index (χ0n) is 15.8. The summed E-state index contributed by atoms with van der Waals surface area (Å²) in [4.78, 5) is 32.8. The molecule has 3 rings (SSSR count). The molecule has 7 nitrogen and oxygen atoms in total. The van der Waals surface area contributed by atoms with Gasteiger partial charge in [-0.05, 0) is 43.7 Å². The molecule has 0 aliphatic rings. The summed E-state index contributed by atoms with van der Waals surface area (Å²) >= 11 is 0. The van der Waals surface area contributed by atoms with Gasteiger partial charge in [-0.2, -0.15) is 0 Å². The minimum absolute atomic E-state index is 0.238. The normalized spacial score (nSPS) is 10.2. The maximum Gasteiger partial charge on any atom is 0.337 e. The smallest absolute Gasteiger partial charge is 0.337 e. The molecule has 0 unspecified atom stereocenters. The Kier molecular flexibility index (Phi) is 5.64. The van der Waals surface area contributed by atoms with E-state index in [9.17, 15) is 9.59 Å². The van der Waals surface area contributed by atoms with Crippen molar-refractivity contribution in [2.45, 2.75) is 13.8 Å². The molecule has 0 radical (unpaired) electrons. The van der Waals surface area contributed by atoms with Crippen molar-refractivity contribution < 1.29 is 14.3 Å². The summed E-state index contributed by atoms with van der Waals surface area (Å²) in [6.45, 7) is 3.63. The van der Waals surface area contributed by atoms with Crippen molar-refractivity contribution in [1.82, 2.24) is 9.97 Å². The van der Waals surface area contributed by atoms with E-state index in [1.54, 1.807) is 37.3 Å². The standard InChI is InChI=1S/C21H20N4O3/c1-13-7-4-5-10-17(13)25-20(26)18-12-19(23-14(2)22-18)24-16-9-6-8-15(11-16)21(27)28-3/h4-12H,1-3H3,(H,25,26)(H,22,23,24). The van der Waals surface area contributed by atoms with Crippen LogP contribution in [0.5, 0.6) is 0 Å². The Morgan fingerprint density at radius 2 is 1.75 bits per heavy atom. The minimum atomic E-state index is -0.430. The first-order valence-electron chi connectivity index (χ1n) is 8.64. The van der Waals surface area contributed by atoms with Gasteiger partial charge in [-0.1, -0.05) is 24.3 Å². The topological polar surface area (TPSA) is 93.2 Å². The van der Waals surface area contributed by atoms with Crippen LogP contribution in [0.1, 0.15) is 32.2 Å². The first-order valence-corrected chi connectivity index (χ1v) is 8.64. The third kappa shape index (κ3) is 4.50. The fourth-order valence-corrected chi connectivity index (χ4v) is 2.64. The highest BCUT2D eigenvalue weighted by atomic mass is 16.5. The van der Waals surface area contributed by atoms with E-state index in [0.29, 0.717) is 22.9 Å². The molecule has 1 heterocycles. The zero-order chi connectivity index (χ0) is 20.1. The second-order valence-electron chi connectivity index (χ2n) is 6.15. The Labute approximate surface area is 162 Å². The lowest BCUT2D eigenvalue weighted by molar-refractivity contribution is 0.0600. The second kappa shape index (κ2) is 8.30. The van der Waals surface area contributed by atoms with Crippen molar-refractivity contribution in [1.29, 1.82) is 0 Å². The number of hydrogen-bond acceptors (Lipinski definition) is 6. The number of carbonyl (C=O) groups excluding carboxylic acids is 2. The van der Waals surface area contributed by atoms with Crippen molar-refractivity contribution in [2.75, 3.05) is 17.7 Å². The van der Waals surface area contributed by atoms with Gasteiger partial charge in [-0.3, -0.25) is 4.79 Å². The molecule has 3 aromatic rings. The number of para-hydroxylation sites is 1. The molecule has 142 valence electrons. The van der Waals surface area contributed by atoms with E-state index in [4.69, 9.17) is 4.74 Å². The van der Waals surface area contributed by atoms with Gasteiger partial charge in [0.15, 0.2) is 0 Å². The highest BCUT2D eigenvalue weighted by Crippen LogP contribution is 2.19. The molecule has 0 aliphatic heterocycles. The Morgan fingerprint density at radius 3 is 2.50 bits per heavy atom. The SMILES string of the molecule is COC(=O)c1cccc(Nc2cc(C(=O)Nc3ccccc3C)nc(C)n2)c1. The first-order chi connectivity index (χ1) is 13.5. The van der Waals surface area contributed by atoms with Gasteiger partial charge in [-0.15, -0.1) is 0 Å². The van der Waals surface area contributed by atoms with Crippen LogP contribution in [0.4, 0.5) is 17.2 Å². The monoisotopic (exact) mass is 376 g/mol. The van der Waals surface area contributed by atoms with Gasteiger partial charge >= 0.3 is 5.97 Å². The number of aryl methyl sites for hydroxylation is 2. The van der Waals surface area contributed by atoms with Crippen molar-refractivity contribution in [3.63, 3.8) is 0 Å². The number of aromatic nitrogens is 2. The summed E-state index contributed by atoms with van der Waals surface area (Å²) < 4.78 is 4.73. The van der Waals surface area contributed by atoms with Crippen molar-refractivity contribution in [3.8, 4) is 0 Å². The lowest BCUT2D eigenvalue weighted by Crippen LogP contribution is -2.16. The maximum atomic E-state index is 12.6. The number of rotatable bonds is 5. The molecule has 7 heteroatoms. The second-order valence-corrected chi connectivity index (χ2v) is 6.15. The summed E-state index contributed by atoms with van der Waals surface area (Å²) in [7, 11) is 1.33. The number of ether oxygens (including phenoxy) is 1. The average molecular weight is 376 g/mol. The number of methoxy groups -OCH3 is 1. The van der Waals surface area contributed by atoms with E-state index in [1.165, 1.54) is 7.11 Å². The number of amides is 1. The molecule has 0 spiro atoms. The van der Waals surface area contributed by atoms with Crippen LogP contribution in [0.2, 0.25) is 0 Å². The van der Waals surface area contributed by atoms with Crippen LogP contribution in [0, 0.1) is 13.8 Å². The minimum Gasteiger partial charge on any atom is -0.465 e. The van der Waals surface area contributed by atoms with Crippen molar-refractivity contribution in [2.24, 2.45) is 0 Å². The number of nitrogens with zero attached hydrogens (tertiary/aromatic N) is 2. The maximum absolute atomic E-state index is 12.6. The van der Waals surface area contributed by atoms with Crippen LogP contribution in [-0.4, -0.2) is 29.0 Å². The van der Waals surface area contributed by atoms with Crippen LogP contribution < -0.4 is 10.6 Å². The van der Waals surface area contributed by atoms with Gasteiger partial charge in [0.25, 0.3) is 5.91 Å². The number of hydrogen-bond donors (Lipinski definition) is 2. The zero-order valence-corrected chi connectivity index (χ0v) is 15.8. The largest absolute Gasteiger partial charge is 0.465 e. The molecule has 0 atom stereocenters. The van der Waals surface area contributed by atoms with Crippen LogP contribution in [0.3, 0.4) is 0 Å². The van der Waals surface area contributed by atoms with Gasteiger partial charge in [0, 0.05) is 17.4 Å². The van der Waals surface area contributed by atoms with Crippen molar-refractivity contribution in [3.05, 3.63) is 77.2 Å². The van der Waals surface area contributed by atoms with E-state index < -0.39 is 5.97 Å². The number of benzene rings is 2. The van der Waals surface area contributed by atoms with Crippen LogP contribution >= 0.6 is 0 Å². The van der Waals surface area contributed by atoms with Gasteiger partial charge < -0.3 is 15.4 Å². The van der Waals surface area contributed by atoms with Crippen molar-refractivity contribution >= 4 is 29.1 Å². The molecule has 28 heavy (non-hydrogen) atoms. The summed E-state index contributed by atoms with van der Waals surface area (Å²) in [6.07, 6.45) is 0. The number of anilines is 3. The van der Waals surface area contributed by atoms with Crippen LogP contribution in [0.15, 0.2) is 54.6 Å². The molecule has 1 amide bonds. The Hall–Kier alpha value is -3.74. The van der Waals surface area contributed by atoms with Gasteiger partial charge in [0.1, 0.15) is 17.3 Å². The third-order valence-electron chi connectivity index (χ3n) is 4.02. The van der Waals surface area contributed by atoms with E-state index in [1.807, 2.05) is 31.2 Å². The highest BCUT2D eigenvalue weighted by Gasteiger charge is 2.13. The lowest BCUT2D eigenvalue weighted by atomic mass is 10.2. The first kappa shape index (κ1) is 19.0. The van der Waals surface area contributed by atoms with Gasteiger partial charge in [0.2, 0.25) is 0 Å². The number of carbonyl (C=O) groups is 2. The van der Waals surface area contributed by atoms with E-state index in [0.717, 1.165) is 11.3 Å². The molecule has 0 saturated heterocycles. The van der Waals surface area contributed by atoms with E-state index in [-0.39, 0.29) is 11.6 Å². The molecule has 0 bridgehead atoms. The van der Waals surface area contributed by atoms with Gasteiger partial charge in [-0.25, -0.2) is 14.8 Å². The predicted molar refractivity (Wildman–Crippen MR) is 107 cm³/mol. The highest BCUT2D eigenvalue weighted by molar-refractivity contribution is 6.03. The molecule has 0 fully saturated rings. The third-order valence-corrected chi connectivity index (χ3v) is 4.02. The van der Waals surface area contributed by atoms with Gasteiger partial charge in [0.05, 0.1) is 12.7 Å². The van der Waals surface area contributed by atoms with Crippen LogP contribution in [-0.2, 0) is 4.74 Å². The molecule has 2 aromatic carbocycles. The fraction of sp³-hybridized carbons (Fsp3) is 0.143. The number of esters is 1. The molecule has 0 saturated carbocycles. The molecule has 1 aromatic heterocycles. The lowest BCUT2D eigenvalue weighted by Gasteiger charge is -2.11. The summed E-state index contributed by atoms with van der Waals surface area (Å²) in [5.74, 6) is 0.139. The Bertz CT molecular complexity index is 1030. The molecular weight excluding hydrogens is 356 g/mol. The summed E-state index contributed by atoms with van der Waals surface area (Å²) in [6, 6.07) is 15.9. The Balaban J connectivity index is 1.83. The summed E-state index contributed by atoms with van der Waals surface area (Å²) in [5, 5.41) is 5.95. The van der Waals surface area contributed by atoms with E-state index >= 15 is 0 Å². The molecule has 0 aliphatic carbocycles. The quantitative estimate of drug-likeness (QED) is 0.657. The molecule has 2 N–H and O–H groups in total. The van der Waals surface area contributed by atoms with E-state index in [2.05, 4.69) is 20.6 Å². The Morgan fingerprint density at radius 1 is 0.964 bits per heavy atom.